The first-order valence-electron chi connectivity index (χ1n) is 5.49. The number of nitro groups is 1. The third-order valence-electron chi connectivity index (χ3n) is 2.31. The summed E-state index contributed by atoms with van der Waals surface area (Å²) < 4.78 is 27.5. The quantitative estimate of drug-likeness (QED) is 0.450. The lowest BCUT2D eigenvalue weighted by Crippen LogP contribution is -2.28. The number of hydrogen-bond acceptors (Lipinski definition) is 5. The number of nitrogens with zero attached hydrogens (tertiary/aromatic N) is 1. The molecule has 20 heavy (non-hydrogen) atoms. The molecule has 0 spiro atoms. The highest BCUT2D eigenvalue weighted by atomic mass is 35.7. The first-order chi connectivity index (χ1) is 9.00. The Bertz CT molecular complexity index is 615. The Morgan fingerprint density at radius 2 is 2.00 bits per heavy atom. The van der Waals surface area contributed by atoms with Gasteiger partial charge in [0.2, 0.25) is 9.05 Å². The average molecular weight is 342 g/mol. The van der Waals surface area contributed by atoms with Gasteiger partial charge in [0.05, 0.1) is 28.4 Å². The molecule has 0 radical (unpaired) electrons. The van der Waals surface area contributed by atoms with E-state index >= 15 is 0 Å². The van der Waals surface area contributed by atoms with E-state index in [1.165, 1.54) is 18.2 Å². The Morgan fingerprint density at radius 1 is 1.40 bits per heavy atom. The van der Waals surface area contributed by atoms with Gasteiger partial charge in [-0.25, -0.2) is 8.42 Å². The summed E-state index contributed by atoms with van der Waals surface area (Å²) >= 11 is 5.87. The third kappa shape index (κ3) is 5.52. The Morgan fingerprint density at radius 3 is 2.50 bits per heavy atom. The second kappa shape index (κ2) is 6.15. The van der Waals surface area contributed by atoms with Crippen molar-refractivity contribution in [1.82, 2.24) is 0 Å². The number of halogens is 2. The van der Waals surface area contributed by atoms with Crippen LogP contribution in [0.4, 0.5) is 5.69 Å². The average Bonchev–Trinajstić information content (AvgIpc) is 2.24. The van der Waals surface area contributed by atoms with Crippen LogP contribution in [0.5, 0.6) is 5.75 Å². The maximum atomic E-state index is 11.1. The van der Waals surface area contributed by atoms with Gasteiger partial charge in [0.15, 0.2) is 0 Å². The number of benzene rings is 1. The van der Waals surface area contributed by atoms with Gasteiger partial charge >= 0.3 is 0 Å². The van der Waals surface area contributed by atoms with Crippen molar-refractivity contribution in [1.29, 1.82) is 0 Å². The lowest BCUT2D eigenvalue weighted by Gasteiger charge is -2.23. The Balaban J connectivity index is 2.84. The molecule has 1 rings (SSSR count). The summed E-state index contributed by atoms with van der Waals surface area (Å²) in [7, 11) is 1.53. The van der Waals surface area contributed by atoms with Gasteiger partial charge in [-0.2, -0.15) is 0 Å². The Labute approximate surface area is 126 Å². The van der Waals surface area contributed by atoms with Crippen LogP contribution in [-0.4, -0.2) is 25.7 Å². The second-order valence-electron chi connectivity index (χ2n) is 5.01. The lowest BCUT2D eigenvalue weighted by atomic mass is 9.98. The minimum atomic E-state index is -3.67. The SMILES string of the molecule is CC(C)(COc1cc([N+](=O)[O-])ccc1Cl)CS(=O)(=O)Cl. The summed E-state index contributed by atoms with van der Waals surface area (Å²) in [6.45, 7) is 3.30. The van der Waals surface area contributed by atoms with Gasteiger partial charge in [0.25, 0.3) is 5.69 Å². The zero-order chi connectivity index (χ0) is 15.6. The van der Waals surface area contributed by atoms with Crippen molar-refractivity contribution in [2.24, 2.45) is 5.41 Å². The largest absolute Gasteiger partial charge is 0.491 e. The summed E-state index contributed by atoms with van der Waals surface area (Å²) in [5, 5.41) is 10.9. The van der Waals surface area contributed by atoms with E-state index in [-0.39, 0.29) is 28.8 Å². The molecule has 0 fully saturated rings. The smallest absolute Gasteiger partial charge is 0.273 e. The van der Waals surface area contributed by atoms with Crippen molar-refractivity contribution in [3.63, 3.8) is 0 Å². The number of ether oxygens (including phenoxy) is 1. The van der Waals surface area contributed by atoms with Gasteiger partial charge in [-0.3, -0.25) is 10.1 Å². The standard InChI is InChI=1S/C11H13Cl2NO5S/c1-11(2,7-20(13,17)18)6-19-10-5-8(14(15)16)3-4-9(10)12/h3-5H,6-7H2,1-2H3. The molecular weight excluding hydrogens is 329 g/mol. The van der Waals surface area contributed by atoms with Crippen LogP contribution < -0.4 is 4.74 Å². The van der Waals surface area contributed by atoms with Crippen LogP contribution in [0.3, 0.4) is 0 Å². The van der Waals surface area contributed by atoms with Crippen molar-refractivity contribution in [3.05, 3.63) is 33.3 Å². The summed E-state index contributed by atoms with van der Waals surface area (Å²) in [5.41, 5.74) is -0.915. The number of non-ortho nitro benzene ring substituents is 1. The van der Waals surface area contributed by atoms with Crippen molar-refractivity contribution >= 4 is 37.0 Å². The Kier molecular flexibility index (Phi) is 5.23. The molecule has 0 aliphatic heterocycles. The van der Waals surface area contributed by atoms with Crippen molar-refractivity contribution in [3.8, 4) is 5.75 Å². The molecule has 1 aromatic rings. The number of hydrogen-bond donors (Lipinski definition) is 0. The molecular formula is C11H13Cl2NO5S. The molecule has 0 aromatic heterocycles. The van der Waals surface area contributed by atoms with Gasteiger partial charge in [-0.1, -0.05) is 25.4 Å². The zero-order valence-electron chi connectivity index (χ0n) is 10.8. The predicted molar refractivity (Wildman–Crippen MR) is 77.0 cm³/mol. The molecule has 0 bridgehead atoms. The monoisotopic (exact) mass is 341 g/mol. The molecule has 0 saturated carbocycles. The minimum absolute atomic E-state index is 0.000161. The molecule has 0 unspecified atom stereocenters. The van der Waals surface area contributed by atoms with Crippen LogP contribution in [-0.2, 0) is 9.05 Å². The highest BCUT2D eigenvalue weighted by Crippen LogP contribution is 2.31. The van der Waals surface area contributed by atoms with Gasteiger partial charge in [0.1, 0.15) is 5.75 Å². The number of rotatable bonds is 6. The minimum Gasteiger partial charge on any atom is -0.491 e. The van der Waals surface area contributed by atoms with Gasteiger partial charge in [0, 0.05) is 22.2 Å². The molecule has 0 saturated heterocycles. The zero-order valence-corrected chi connectivity index (χ0v) is 13.1. The molecule has 0 heterocycles. The van der Waals surface area contributed by atoms with E-state index in [1.54, 1.807) is 13.8 Å². The second-order valence-corrected chi connectivity index (χ2v) is 8.19. The van der Waals surface area contributed by atoms with E-state index in [4.69, 9.17) is 27.0 Å². The summed E-state index contributed by atoms with van der Waals surface area (Å²) in [6.07, 6.45) is 0. The molecule has 0 N–H and O–H groups in total. The number of nitro benzene ring substituents is 1. The molecule has 0 atom stereocenters. The van der Waals surface area contributed by atoms with Crippen molar-refractivity contribution in [2.45, 2.75) is 13.8 Å². The summed E-state index contributed by atoms with van der Waals surface area (Å²) in [4.78, 5) is 10.1. The van der Waals surface area contributed by atoms with E-state index in [9.17, 15) is 18.5 Å². The van der Waals surface area contributed by atoms with Crippen molar-refractivity contribution in [2.75, 3.05) is 12.4 Å². The Hall–Kier alpha value is -1.05. The van der Waals surface area contributed by atoms with Gasteiger partial charge in [-0.15, -0.1) is 0 Å². The normalized spacial score (nSPS) is 12.2. The fraction of sp³-hybridized carbons (Fsp3) is 0.455. The lowest BCUT2D eigenvalue weighted by molar-refractivity contribution is -0.384. The summed E-state index contributed by atoms with van der Waals surface area (Å²) in [6, 6.07) is 3.79. The third-order valence-corrected chi connectivity index (χ3v) is 4.07. The first kappa shape index (κ1) is 17.0. The summed E-state index contributed by atoms with van der Waals surface area (Å²) in [5.74, 6) is -0.158. The predicted octanol–water partition coefficient (Wildman–Crippen LogP) is 3.22. The molecule has 9 heteroatoms. The van der Waals surface area contributed by atoms with Crippen molar-refractivity contribution < 1.29 is 18.1 Å². The maximum absolute atomic E-state index is 11.1. The van der Waals surface area contributed by atoms with Crippen LogP contribution in [0.2, 0.25) is 5.02 Å². The van der Waals surface area contributed by atoms with Gasteiger partial charge in [-0.05, 0) is 6.07 Å². The highest BCUT2D eigenvalue weighted by Gasteiger charge is 2.26. The molecule has 0 amide bonds. The first-order valence-corrected chi connectivity index (χ1v) is 8.35. The van der Waals surface area contributed by atoms with Gasteiger partial charge < -0.3 is 4.74 Å². The molecule has 0 aliphatic rings. The molecule has 112 valence electrons. The van der Waals surface area contributed by atoms with Crippen LogP contribution >= 0.6 is 22.3 Å². The molecule has 1 aromatic carbocycles. The van der Waals surface area contributed by atoms with E-state index in [1.807, 2.05) is 0 Å². The highest BCUT2D eigenvalue weighted by molar-refractivity contribution is 8.13. The van der Waals surface area contributed by atoms with Crippen LogP contribution in [0.25, 0.3) is 0 Å². The molecule has 6 nitrogen and oxygen atoms in total. The van der Waals surface area contributed by atoms with E-state index in [0.717, 1.165) is 0 Å². The fourth-order valence-corrected chi connectivity index (χ4v) is 3.57. The van der Waals surface area contributed by atoms with Crippen LogP contribution in [0, 0.1) is 15.5 Å². The van der Waals surface area contributed by atoms with E-state index in [2.05, 4.69) is 0 Å². The maximum Gasteiger partial charge on any atom is 0.273 e. The van der Waals surface area contributed by atoms with Crippen LogP contribution in [0.15, 0.2) is 18.2 Å². The molecule has 0 aliphatic carbocycles. The fourth-order valence-electron chi connectivity index (χ4n) is 1.50. The van der Waals surface area contributed by atoms with Crippen LogP contribution in [0.1, 0.15) is 13.8 Å². The topological polar surface area (TPSA) is 86.5 Å². The van der Waals surface area contributed by atoms with E-state index < -0.39 is 19.4 Å². The van der Waals surface area contributed by atoms with E-state index in [0.29, 0.717) is 0 Å².